The Morgan fingerprint density at radius 1 is 0.952 bits per heavy atom. The summed E-state index contributed by atoms with van der Waals surface area (Å²) in [5.41, 5.74) is 1.86. The van der Waals surface area contributed by atoms with Crippen molar-refractivity contribution in [3.05, 3.63) is 42.5 Å². The van der Waals surface area contributed by atoms with Crippen LogP contribution in [0.4, 0.5) is 0 Å². The number of furan rings is 1. The molecule has 0 saturated carbocycles. The van der Waals surface area contributed by atoms with E-state index in [0.29, 0.717) is 6.10 Å². The first-order valence-corrected chi connectivity index (χ1v) is 7.69. The van der Waals surface area contributed by atoms with E-state index >= 15 is 0 Å². The van der Waals surface area contributed by atoms with Gasteiger partial charge in [0, 0.05) is 10.8 Å². The van der Waals surface area contributed by atoms with Crippen LogP contribution in [0.15, 0.2) is 46.9 Å². The van der Waals surface area contributed by atoms with Crippen molar-refractivity contribution in [3.8, 4) is 5.75 Å². The van der Waals surface area contributed by atoms with Crippen molar-refractivity contribution in [1.82, 2.24) is 5.32 Å². The van der Waals surface area contributed by atoms with Gasteiger partial charge in [-0.05, 0) is 56.6 Å². The monoisotopic (exact) mass is 281 g/mol. The number of nitrogens with one attached hydrogen (secondary N) is 1. The first kappa shape index (κ1) is 12.7. The fourth-order valence-electron chi connectivity index (χ4n) is 3.08. The maximum absolute atomic E-state index is 6.18. The SMILES string of the molecule is c1ccc2c(c1)oc1ccc(OC3CCCNCC3)cc12. The van der Waals surface area contributed by atoms with Gasteiger partial charge in [0.15, 0.2) is 0 Å². The van der Waals surface area contributed by atoms with Crippen molar-refractivity contribution in [3.63, 3.8) is 0 Å². The first-order valence-electron chi connectivity index (χ1n) is 7.69. The minimum atomic E-state index is 0.315. The molecule has 1 atom stereocenters. The van der Waals surface area contributed by atoms with Crippen molar-refractivity contribution in [2.45, 2.75) is 25.4 Å². The zero-order valence-electron chi connectivity index (χ0n) is 12.0. The van der Waals surface area contributed by atoms with Gasteiger partial charge in [-0.3, -0.25) is 0 Å². The van der Waals surface area contributed by atoms with Gasteiger partial charge in [-0.2, -0.15) is 0 Å². The molecule has 0 radical (unpaired) electrons. The van der Waals surface area contributed by atoms with Crippen LogP contribution in [-0.2, 0) is 0 Å². The molecule has 1 saturated heterocycles. The molecule has 1 aliphatic heterocycles. The lowest BCUT2D eigenvalue weighted by Gasteiger charge is -2.16. The van der Waals surface area contributed by atoms with Gasteiger partial charge in [0.2, 0.25) is 0 Å². The highest BCUT2D eigenvalue weighted by atomic mass is 16.5. The lowest BCUT2D eigenvalue weighted by molar-refractivity contribution is 0.188. The lowest BCUT2D eigenvalue weighted by Crippen LogP contribution is -2.19. The number of rotatable bonds is 2. The van der Waals surface area contributed by atoms with Crippen molar-refractivity contribution in [1.29, 1.82) is 0 Å². The second-order valence-corrected chi connectivity index (χ2v) is 5.68. The molecular weight excluding hydrogens is 262 g/mol. The van der Waals surface area contributed by atoms with Crippen LogP contribution in [0.5, 0.6) is 5.75 Å². The summed E-state index contributed by atoms with van der Waals surface area (Å²) in [6, 6.07) is 14.3. The summed E-state index contributed by atoms with van der Waals surface area (Å²) in [5.74, 6) is 0.945. The van der Waals surface area contributed by atoms with Crippen LogP contribution >= 0.6 is 0 Å². The van der Waals surface area contributed by atoms with Gasteiger partial charge < -0.3 is 14.5 Å². The van der Waals surface area contributed by atoms with Crippen LogP contribution in [0.25, 0.3) is 21.9 Å². The first-order chi connectivity index (χ1) is 10.4. The predicted molar refractivity (Wildman–Crippen MR) is 84.9 cm³/mol. The van der Waals surface area contributed by atoms with Crippen molar-refractivity contribution < 1.29 is 9.15 Å². The molecule has 3 heteroatoms. The normalized spacial score (nSPS) is 19.7. The minimum Gasteiger partial charge on any atom is -0.490 e. The van der Waals surface area contributed by atoms with Gasteiger partial charge in [-0.1, -0.05) is 18.2 Å². The van der Waals surface area contributed by atoms with Crippen molar-refractivity contribution in [2.24, 2.45) is 0 Å². The fraction of sp³-hybridized carbons (Fsp3) is 0.333. The summed E-state index contributed by atoms with van der Waals surface area (Å²) < 4.78 is 12.0. The van der Waals surface area contributed by atoms with Gasteiger partial charge in [-0.15, -0.1) is 0 Å². The second-order valence-electron chi connectivity index (χ2n) is 5.68. The number of ether oxygens (including phenoxy) is 1. The standard InChI is InChI=1S/C18H19NO2/c1-2-6-17-15(5-1)16-12-14(7-8-18(16)21-17)20-13-4-3-10-19-11-9-13/h1-2,5-8,12-13,19H,3-4,9-11H2. The van der Waals surface area contributed by atoms with Crippen molar-refractivity contribution in [2.75, 3.05) is 13.1 Å². The van der Waals surface area contributed by atoms with Crippen LogP contribution in [0.2, 0.25) is 0 Å². The highest BCUT2D eigenvalue weighted by molar-refractivity contribution is 6.05. The third-order valence-corrected chi connectivity index (χ3v) is 4.17. The number of hydrogen-bond acceptors (Lipinski definition) is 3. The molecular formula is C18H19NO2. The van der Waals surface area contributed by atoms with E-state index in [1.165, 1.54) is 6.42 Å². The van der Waals surface area contributed by atoms with Crippen LogP contribution in [0.1, 0.15) is 19.3 Å². The van der Waals surface area contributed by atoms with Crippen LogP contribution in [-0.4, -0.2) is 19.2 Å². The van der Waals surface area contributed by atoms with E-state index in [-0.39, 0.29) is 0 Å². The molecule has 2 heterocycles. The molecule has 3 aromatic rings. The molecule has 0 aliphatic carbocycles. The zero-order chi connectivity index (χ0) is 14.1. The Labute approximate surface area is 123 Å². The molecule has 3 nitrogen and oxygen atoms in total. The fourth-order valence-corrected chi connectivity index (χ4v) is 3.08. The summed E-state index contributed by atoms with van der Waals surface area (Å²) in [5, 5.41) is 5.71. The molecule has 0 amide bonds. The molecule has 0 bridgehead atoms. The molecule has 2 aromatic carbocycles. The van der Waals surface area contributed by atoms with E-state index < -0.39 is 0 Å². The zero-order valence-corrected chi connectivity index (χ0v) is 12.0. The summed E-state index contributed by atoms with van der Waals surface area (Å²) >= 11 is 0. The molecule has 21 heavy (non-hydrogen) atoms. The maximum atomic E-state index is 6.18. The molecule has 1 N–H and O–H groups in total. The van der Waals surface area contributed by atoms with E-state index in [9.17, 15) is 0 Å². The average Bonchev–Trinajstić information content (AvgIpc) is 2.68. The number of fused-ring (bicyclic) bond motifs is 3. The van der Waals surface area contributed by atoms with Gasteiger partial charge in [0.05, 0.1) is 6.10 Å². The molecule has 1 unspecified atom stereocenters. The Hall–Kier alpha value is -2.00. The van der Waals surface area contributed by atoms with E-state index in [1.54, 1.807) is 0 Å². The molecule has 108 valence electrons. The minimum absolute atomic E-state index is 0.315. The smallest absolute Gasteiger partial charge is 0.135 e. The van der Waals surface area contributed by atoms with Crippen LogP contribution < -0.4 is 10.1 Å². The second kappa shape index (κ2) is 5.41. The van der Waals surface area contributed by atoms with Gasteiger partial charge >= 0.3 is 0 Å². The van der Waals surface area contributed by atoms with Crippen molar-refractivity contribution >= 4 is 21.9 Å². The Morgan fingerprint density at radius 2 is 1.86 bits per heavy atom. The molecule has 1 aromatic heterocycles. The highest BCUT2D eigenvalue weighted by Gasteiger charge is 2.14. The predicted octanol–water partition coefficient (Wildman–Crippen LogP) is 4.11. The number of benzene rings is 2. The topological polar surface area (TPSA) is 34.4 Å². The largest absolute Gasteiger partial charge is 0.490 e. The molecule has 1 fully saturated rings. The summed E-state index contributed by atoms with van der Waals surface area (Å²) in [6.07, 6.45) is 3.69. The molecule has 4 rings (SSSR count). The maximum Gasteiger partial charge on any atom is 0.135 e. The Balaban J connectivity index is 1.67. The van der Waals surface area contributed by atoms with Gasteiger partial charge in [0.25, 0.3) is 0 Å². The summed E-state index contributed by atoms with van der Waals surface area (Å²) in [7, 11) is 0. The number of para-hydroxylation sites is 1. The highest BCUT2D eigenvalue weighted by Crippen LogP contribution is 2.31. The average molecular weight is 281 g/mol. The molecule has 1 aliphatic rings. The Bertz CT molecular complexity index is 754. The number of hydrogen-bond donors (Lipinski definition) is 1. The van der Waals surface area contributed by atoms with Gasteiger partial charge in [-0.25, -0.2) is 0 Å². The van der Waals surface area contributed by atoms with Crippen LogP contribution in [0, 0.1) is 0 Å². The van der Waals surface area contributed by atoms with Gasteiger partial charge in [0.1, 0.15) is 16.9 Å². The van der Waals surface area contributed by atoms with E-state index in [0.717, 1.165) is 53.6 Å². The lowest BCUT2D eigenvalue weighted by atomic mass is 10.1. The van der Waals surface area contributed by atoms with E-state index in [1.807, 2.05) is 30.3 Å². The molecule has 0 spiro atoms. The van der Waals surface area contributed by atoms with E-state index in [2.05, 4.69) is 17.4 Å². The quantitative estimate of drug-likeness (QED) is 0.767. The van der Waals surface area contributed by atoms with Crippen LogP contribution in [0.3, 0.4) is 0 Å². The summed E-state index contributed by atoms with van der Waals surface area (Å²) in [4.78, 5) is 0. The third kappa shape index (κ3) is 2.49. The third-order valence-electron chi connectivity index (χ3n) is 4.17. The van der Waals surface area contributed by atoms with E-state index in [4.69, 9.17) is 9.15 Å². The Kier molecular flexibility index (Phi) is 3.28. The Morgan fingerprint density at radius 3 is 2.86 bits per heavy atom. The summed E-state index contributed by atoms with van der Waals surface area (Å²) in [6.45, 7) is 2.15.